The van der Waals surface area contributed by atoms with Crippen LogP contribution in [0.15, 0.2) is 29.1 Å². The summed E-state index contributed by atoms with van der Waals surface area (Å²) >= 11 is 0. The third-order valence-electron chi connectivity index (χ3n) is 3.50. The van der Waals surface area contributed by atoms with Gasteiger partial charge in [0.25, 0.3) is 17.4 Å². The van der Waals surface area contributed by atoms with Gasteiger partial charge in [0, 0.05) is 12.1 Å². The number of amides is 2. The summed E-state index contributed by atoms with van der Waals surface area (Å²) in [5.74, 6) is -3.13. The maximum absolute atomic E-state index is 12.7. The number of imide groups is 1. The van der Waals surface area contributed by atoms with Crippen molar-refractivity contribution < 1.29 is 27.9 Å². The minimum atomic E-state index is -4.77. The number of phenolic OH excluding ortho intramolecular Hbond substituents is 1. The fraction of sp³-hybridized carbons (Fsp3) is 0.0714. The Morgan fingerprint density at radius 2 is 1.75 bits per heavy atom. The molecule has 1 aliphatic rings. The zero-order valence-corrected chi connectivity index (χ0v) is 11.6. The lowest BCUT2D eigenvalue weighted by atomic mass is 10.1. The molecular formula is C14H8F3N3O4. The molecule has 24 heavy (non-hydrogen) atoms. The summed E-state index contributed by atoms with van der Waals surface area (Å²) in [6, 6.07) is 3.04. The molecule has 2 heterocycles. The van der Waals surface area contributed by atoms with Crippen molar-refractivity contribution >= 4 is 17.6 Å². The molecule has 1 aromatic carbocycles. The van der Waals surface area contributed by atoms with Crippen molar-refractivity contribution in [2.24, 2.45) is 0 Å². The summed E-state index contributed by atoms with van der Waals surface area (Å²) in [5, 5.41) is 11.5. The van der Waals surface area contributed by atoms with Gasteiger partial charge in [0.15, 0.2) is 0 Å². The second kappa shape index (κ2) is 4.85. The van der Waals surface area contributed by atoms with Crippen LogP contribution < -0.4 is 16.6 Å². The van der Waals surface area contributed by atoms with Crippen molar-refractivity contribution in [3.63, 3.8) is 0 Å². The Labute approximate surface area is 131 Å². The molecule has 0 radical (unpaired) electrons. The first-order valence-electron chi connectivity index (χ1n) is 6.43. The smallest absolute Gasteiger partial charge is 0.419 e. The number of halogens is 3. The molecule has 4 N–H and O–H groups in total. The number of pyridine rings is 1. The topological polar surface area (TPSA) is 114 Å². The predicted octanol–water partition coefficient (Wildman–Crippen LogP) is 1.03. The standard InChI is InChI=1S/C14H8F3N3O4/c15-14(16,17)7-2-1-5(3-8(7)21)20-9(22)4-6-10(11(20)18)13(24)19-12(6)23/h1-4,21H,18H2,(H,19,23,24). The van der Waals surface area contributed by atoms with Crippen LogP contribution in [0.1, 0.15) is 26.3 Å². The number of nitrogens with two attached hydrogens (primary N) is 1. The van der Waals surface area contributed by atoms with Gasteiger partial charge in [0.2, 0.25) is 0 Å². The molecule has 0 bridgehead atoms. The molecular weight excluding hydrogens is 331 g/mol. The van der Waals surface area contributed by atoms with Gasteiger partial charge < -0.3 is 10.8 Å². The van der Waals surface area contributed by atoms with E-state index >= 15 is 0 Å². The van der Waals surface area contributed by atoms with Crippen molar-refractivity contribution in [1.29, 1.82) is 0 Å². The molecule has 0 saturated heterocycles. The molecule has 124 valence electrons. The van der Waals surface area contributed by atoms with E-state index in [0.29, 0.717) is 12.1 Å². The number of nitrogens with zero attached hydrogens (tertiary/aromatic N) is 1. The zero-order chi connectivity index (χ0) is 17.8. The summed E-state index contributed by atoms with van der Waals surface area (Å²) < 4.78 is 38.7. The number of hydrogen-bond acceptors (Lipinski definition) is 5. The van der Waals surface area contributed by atoms with Crippen molar-refractivity contribution in [2.45, 2.75) is 6.18 Å². The number of carbonyl (C=O) groups is 2. The normalized spacial score (nSPS) is 13.8. The summed E-state index contributed by atoms with van der Waals surface area (Å²) in [5.41, 5.74) is 2.97. The average molecular weight is 339 g/mol. The van der Waals surface area contributed by atoms with E-state index in [1.54, 1.807) is 0 Å². The number of hydrogen-bond donors (Lipinski definition) is 3. The van der Waals surface area contributed by atoms with Gasteiger partial charge in [0.1, 0.15) is 11.6 Å². The third-order valence-corrected chi connectivity index (χ3v) is 3.50. The van der Waals surface area contributed by atoms with Crippen LogP contribution in [-0.2, 0) is 6.18 Å². The summed E-state index contributed by atoms with van der Waals surface area (Å²) in [7, 11) is 0. The molecule has 1 aromatic heterocycles. The van der Waals surface area contributed by atoms with Gasteiger partial charge in [-0.2, -0.15) is 13.2 Å². The molecule has 0 unspecified atom stereocenters. The second-order valence-corrected chi connectivity index (χ2v) is 4.97. The maximum atomic E-state index is 12.7. The van der Waals surface area contributed by atoms with E-state index in [9.17, 15) is 32.7 Å². The Bertz CT molecular complexity index is 963. The number of aromatic hydroxyl groups is 1. The van der Waals surface area contributed by atoms with Crippen LogP contribution in [0, 0.1) is 0 Å². The molecule has 1 aliphatic heterocycles. The molecule has 2 aromatic rings. The Balaban J connectivity index is 2.24. The summed E-state index contributed by atoms with van der Waals surface area (Å²) in [4.78, 5) is 35.4. The molecule has 7 nitrogen and oxygen atoms in total. The number of anilines is 1. The average Bonchev–Trinajstić information content (AvgIpc) is 2.72. The predicted molar refractivity (Wildman–Crippen MR) is 74.9 cm³/mol. The zero-order valence-electron chi connectivity index (χ0n) is 11.6. The Hall–Kier alpha value is -3.30. The minimum absolute atomic E-state index is 0.182. The van der Waals surface area contributed by atoms with Gasteiger partial charge in [-0.3, -0.25) is 24.3 Å². The molecule has 0 aliphatic carbocycles. The molecule has 3 rings (SSSR count). The fourth-order valence-electron chi connectivity index (χ4n) is 2.44. The van der Waals surface area contributed by atoms with Crippen LogP contribution >= 0.6 is 0 Å². The van der Waals surface area contributed by atoms with Crippen LogP contribution in [0.5, 0.6) is 5.75 Å². The maximum Gasteiger partial charge on any atom is 0.419 e. The molecule has 0 spiro atoms. The number of rotatable bonds is 1. The molecule has 0 fully saturated rings. The molecule has 10 heteroatoms. The first-order chi connectivity index (χ1) is 11.1. The van der Waals surface area contributed by atoms with E-state index < -0.39 is 40.7 Å². The van der Waals surface area contributed by atoms with Crippen molar-refractivity contribution in [1.82, 2.24) is 9.88 Å². The number of nitrogens with one attached hydrogen (secondary N) is 1. The van der Waals surface area contributed by atoms with Crippen LogP contribution in [0.2, 0.25) is 0 Å². The first-order valence-corrected chi connectivity index (χ1v) is 6.43. The number of fused-ring (bicyclic) bond motifs is 1. The monoisotopic (exact) mass is 339 g/mol. The lowest BCUT2D eigenvalue weighted by Gasteiger charge is -2.14. The number of alkyl halides is 3. The highest BCUT2D eigenvalue weighted by molar-refractivity contribution is 6.23. The van der Waals surface area contributed by atoms with Crippen molar-refractivity contribution in [3.05, 3.63) is 51.3 Å². The third kappa shape index (κ3) is 2.19. The highest BCUT2D eigenvalue weighted by atomic mass is 19.4. The Kier molecular flexibility index (Phi) is 3.15. The molecule has 0 atom stereocenters. The molecule has 2 amide bonds. The second-order valence-electron chi connectivity index (χ2n) is 4.97. The van der Waals surface area contributed by atoms with E-state index in [2.05, 4.69) is 0 Å². The van der Waals surface area contributed by atoms with E-state index in [4.69, 9.17) is 5.73 Å². The SMILES string of the molecule is Nc1c2c(cc(=O)n1-c1ccc(C(F)(F)F)c(O)c1)C(=O)NC2=O. The van der Waals surface area contributed by atoms with Gasteiger partial charge in [-0.05, 0) is 12.1 Å². The van der Waals surface area contributed by atoms with Gasteiger partial charge in [-0.25, -0.2) is 0 Å². The first kappa shape index (κ1) is 15.6. The van der Waals surface area contributed by atoms with Crippen LogP contribution in [0.25, 0.3) is 5.69 Å². The minimum Gasteiger partial charge on any atom is -0.507 e. The van der Waals surface area contributed by atoms with Crippen LogP contribution in [0.4, 0.5) is 19.0 Å². The summed E-state index contributed by atoms with van der Waals surface area (Å²) in [6.07, 6.45) is -4.77. The van der Waals surface area contributed by atoms with Crippen LogP contribution in [0.3, 0.4) is 0 Å². The van der Waals surface area contributed by atoms with E-state index in [-0.39, 0.29) is 16.8 Å². The van der Waals surface area contributed by atoms with Gasteiger partial charge in [-0.15, -0.1) is 0 Å². The Morgan fingerprint density at radius 3 is 2.33 bits per heavy atom. The number of phenols is 1. The van der Waals surface area contributed by atoms with E-state index in [1.807, 2.05) is 5.32 Å². The number of nitrogen functional groups attached to an aromatic ring is 1. The van der Waals surface area contributed by atoms with Gasteiger partial charge in [0.05, 0.1) is 22.4 Å². The largest absolute Gasteiger partial charge is 0.507 e. The summed E-state index contributed by atoms with van der Waals surface area (Å²) in [6.45, 7) is 0. The number of aromatic nitrogens is 1. The fourth-order valence-corrected chi connectivity index (χ4v) is 2.44. The van der Waals surface area contributed by atoms with Crippen LogP contribution in [-0.4, -0.2) is 21.5 Å². The van der Waals surface area contributed by atoms with Crippen molar-refractivity contribution in [2.75, 3.05) is 5.73 Å². The highest BCUT2D eigenvalue weighted by Crippen LogP contribution is 2.36. The van der Waals surface area contributed by atoms with E-state index in [1.165, 1.54) is 0 Å². The molecule has 0 saturated carbocycles. The van der Waals surface area contributed by atoms with Gasteiger partial charge >= 0.3 is 6.18 Å². The van der Waals surface area contributed by atoms with Crippen molar-refractivity contribution in [3.8, 4) is 11.4 Å². The number of carbonyl (C=O) groups excluding carboxylic acids is 2. The van der Waals surface area contributed by atoms with E-state index in [0.717, 1.165) is 16.7 Å². The number of benzene rings is 1. The lowest BCUT2D eigenvalue weighted by molar-refractivity contribution is -0.138. The highest BCUT2D eigenvalue weighted by Gasteiger charge is 2.35. The quantitative estimate of drug-likeness (QED) is 0.671. The Morgan fingerprint density at radius 1 is 1.08 bits per heavy atom. The lowest BCUT2D eigenvalue weighted by Crippen LogP contribution is -2.24. The van der Waals surface area contributed by atoms with Gasteiger partial charge in [-0.1, -0.05) is 0 Å².